The summed E-state index contributed by atoms with van der Waals surface area (Å²) in [7, 11) is 0. The summed E-state index contributed by atoms with van der Waals surface area (Å²) < 4.78 is 0. The van der Waals surface area contributed by atoms with Crippen molar-refractivity contribution in [1.29, 1.82) is 0 Å². The molecule has 0 aliphatic heterocycles. The number of nitro benzene ring substituents is 2. The molecule has 0 radical (unpaired) electrons. The Labute approximate surface area is 192 Å². The van der Waals surface area contributed by atoms with Crippen molar-refractivity contribution >= 4 is 45.3 Å². The lowest BCUT2D eigenvalue weighted by atomic mass is 10.1. The lowest BCUT2D eigenvalue weighted by molar-refractivity contribution is -0.385. The molecule has 0 atom stereocenters. The van der Waals surface area contributed by atoms with Gasteiger partial charge in [-0.3, -0.25) is 29.8 Å². The molecule has 0 bridgehead atoms. The van der Waals surface area contributed by atoms with E-state index in [1.807, 2.05) is 24.3 Å². The van der Waals surface area contributed by atoms with Gasteiger partial charge in [-0.05, 0) is 35.0 Å². The summed E-state index contributed by atoms with van der Waals surface area (Å²) >= 11 is 0. The van der Waals surface area contributed by atoms with Gasteiger partial charge in [-0.15, -0.1) is 0 Å². The highest BCUT2D eigenvalue weighted by Gasteiger charge is 2.17. The van der Waals surface area contributed by atoms with E-state index >= 15 is 0 Å². The van der Waals surface area contributed by atoms with Crippen LogP contribution in [0.15, 0.2) is 84.9 Å². The second-order valence-corrected chi connectivity index (χ2v) is 7.27. The number of nitro groups is 2. The smallest absolute Gasteiger partial charge is 0.270 e. The van der Waals surface area contributed by atoms with Crippen LogP contribution >= 0.6 is 0 Å². The van der Waals surface area contributed by atoms with Crippen LogP contribution in [0.1, 0.15) is 20.7 Å². The van der Waals surface area contributed by atoms with Crippen LogP contribution in [-0.4, -0.2) is 21.7 Å². The quantitative estimate of drug-likeness (QED) is 0.303. The Balaban J connectivity index is 1.69. The van der Waals surface area contributed by atoms with Gasteiger partial charge in [0.15, 0.2) is 0 Å². The van der Waals surface area contributed by atoms with Crippen molar-refractivity contribution in [3.63, 3.8) is 0 Å². The standard InChI is InChI=1S/C24H16N4O6/c29-23(17-7-3-9-19(11-17)27(31)32)25-21-13-15-5-1-2-6-16(15)14-22(21)26-24(30)18-8-4-10-20(12-18)28(33)34/h1-14H,(H,25,29)(H,26,30). The molecular formula is C24H16N4O6. The third kappa shape index (κ3) is 4.70. The van der Waals surface area contributed by atoms with Crippen LogP contribution < -0.4 is 10.6 Å². The lowest BCUT2D eigenvalue weighted by Crippen LogP contribution is -2.17. The molecule has 2 amide bonds. The third-order valence-corrected chi connectivity index (χ3v) is 5.02. The summed E-state index contributed by atoms with van der Waals surface area (Å²) in [4.78, 5) is 46.5. The van der Waals surface area contributed by atoms with E-state index in [2.05, 4.69) is 10.6 Å². The second kappa shape index (κ2) is 9.17. The second-order valence-electron chi connectivity index (χ2n) is 7.27. The number of amides is 2. The normalized spacial score (nSPS) is 10.5. The minimum Gasteiger partial charge on any atom is -0.320 e. The molecule has 4 rings (SSSR count). The monoisotopic (exact) mass is 456 g/mol. The van der Waals surface area contributed by atoms with Crippen molar-refractivity contribution in [2.45, 2.75) is 0 Å². The molecule has 34 heavy (non-hydrogen) atoms. The number of anilines is 2. The van der Waals surface area contributed by atoms with Crippen LogP contribution in [0.5, 0.6) is 0 Å². The van der Waals surface area contributed by atoms with E-state index in [9.17, 15) is 29.8 Å². The first-order valence-electron chi connectivity index (χ1n) is 9.96. The number of nitrogens with zero attached hydrogens (tertiary/aromatic N) is 2. The molecule has 2 N–H and O–H groups in total. The van der Waals surface area contributed by atoms with Gasteiger partial charge in [0.25, 0.3) is 23.2 Å². The zero-order chi connectivity index (χ0) is 24.2. The van der Waals surface area contributed by atoms with Gasteiger partial charge in [0.1, 0.15) is 0 Å². The van der Waals surface area contributed by atoms with E-state index in [1.165, 1.54) is 36.4 Å². The molecule has 0 aliphatic carbocycles. The highest BCUT2D eigenvalue weighted by Crippen LogP contribution is 2.30. The Hall–Kier alpha value is -5.12. The highest BCUT2D eigenvalue weighted by molar-refractivity contribution is 6.12. The predicted octanol–water partition coefficient (Wildman–Crippen LogP) is 5.16. The summed E-state index contributed by atoms with van der Waals surface area (Å²) in [5.74, 6) is -1.21. The number of nitrogens with one attached hydrogen (secondary N) is 2. The van der Waals surface area contributed by atoms with E-state index in [4.69, 9.17) is 0 Å². The maximum Gasteiger partial charge on any atom is 0.270 e. The zero-order valence-corrected chi connectivity index (χ0v) is 17.4. The molecule has 168 valence electrons. The first-order valence-corrected chi connectivity index (χ1v) is 9.96. The van der Waals surface area contributed by atoms with E-state index in [1.54, 1.807) is 12.1 Å². The summed E-state index contributed by atoms with van der Waals surface area (Å²) in [5.41, 5.74) is 0.190. The fraction of sp³-hybridized carbons (Fsp3) is 0. The fourth-order valence-electron chi connectivity index (χ4n) is 3.36. The first-order chi connectivity index (χ1) is 16.3. The van der Waals surface area contributed by atoms with Crippen LogP contribution in [0.2, 0.25) is 0 Å². The summed E-state index contributed by atoms with van der Waals surface area (Å²) in [6, 6.07) is 21.1. The zero-order valence-electron chi connectivity index (χ0n) is 17.4. The van der Waals surface area contributed by atoms with Crippen LogP contribution in [0.4, 0.5) is 22.7 Å². The molecule has 0 aromatic heterocycles. The maximum atomic E-state index is 12.8. The highest BCUT2D eigenvalue weighted by atomic mass is 16.6. The van der Waals surface area contributed by atoms with Crippen molar-refractivity contribution in [2.75, 3.05) is 10.6 Å². The van der Waals surface area contributed by atoms with E-state index in [0.717, 1.165) is 22.9 Å². The van der Waals surface area contributed by atoms with Gasteiger partial charge < -0.3 is 10.6 Å². The molecule has 0 fully saturated rings. The fourth-order valence-corrected chi connectivity index (χ4v) is 3.36. The van der Waals surface area contributed by atoms with Gasteiger partial charge in [-0.1, -0.05) is 36.4 Å². The Bertz CT molecular complexity index is 1360. The Morgan fingerprint density at radius 2 is 1.00 bits per heavy atom. The molecule has 0 unspecified atom stereocenters. The van der Waals surface area contributed by atoms with Gasteiger partial charge in [-0.25, -0.2) is 0 Å². The Morgan fingerprint density at radius 3 is 1.38 bits per heavy atom. The SMILES string of the molecule is O=C(Nc1cc2ccccc2cc1NC(=O)c1cccc([N+](=O)[O-])c1)c1cccc([N+](=O)[O-])c1. The molecule has 0 aliphatic rings. The van der Waals surface area contributed by atoms with Crippen molar-refractivity contribution in [3.8, 4) is 0 Å². The molecule has 10 nitrogen and oxygen atoms in total. The molecule has 0 heterocycles. The van der Waals surface area contributed by atoms with Crippen LogP contribution in [-0.2, 0) is 0 Å². The van der Waals surface area contributed by atoms with Crippen LogP contribution in [0.25, 0.3) is 10.8 Å². The summed E-state index contributed by atoms with van der Waals surface area (Å²) in [5, 5.41) is 29.0. The molecule has 4 aromatic rings. The molecule has 0 spiro atoms. The number of rotatable bonds is 6. The number of non-ortho nitro benzene ring substituents is 2. The average molecular weight is 456 g/mol. The minimum absolute atomic E-state index is 0.0679. The molecule has 0 saturated carbocycles. The van der Waals surface area contributed by atoms with E-state index in [-0.39, 0.29) is 33.9 Å². The third-order valence-electron chi connectivity index (χ3n) is 5.02. The summed E-state index contributed by atoms with van der Waals surface area (Å²) in [6.45, 7) is 0. The van der Waals surface area contributed by atoms with E-state index < -0.39 is 21.7 Å². The largest absolute Gasteiger partial charge is 0.320 e. The van der Waals surface area contributed by atoms with Gasteiger partial charge in [-0.2, -0.15) is 0 Å². The Morgan fingerprint density at radius 1 is 0.588 bits per heavy atom. The summed E-state index contributed by atoms with van der Waals surface area (Å²) in [6.07, 6.45) is 0. The van der Waals surface area contributed by atoms with Gasteiger partial charge in [0, 0.05) is 35.4 Å². The van der Waals surface area contributed by atoms with Gasteiger partial charge in [0.05, 0.1) is 21.2 Å². The van der Waals surface area contributed by atoms with Crippen LogP contribution in [0, 0.1) is 20.2 Å². The minimum atomic E-state index is -0.607. The number of hydrogen-bond acceptors (Lipinski definition) is 6. The van der Waals surface area contributed by atoms with Crippen LogP contribution in [0.3, 0.4) is 0 Å². The van der Waals surface area contributed by atoms with Crippen molar-refractivity contribution in [1.82, 2.24) is 0 Å². The molecule has 10 heteroatoms. The number of fused-ring (bicyclic) bond motifs is 1. The number of hydrogen-bond donors (Lipinski definition) is 2. The topological polar surface area (TPSA) is 144 Å². The number of carbonyl (C=O) groups is 2. The first kappa shape index (κ1) is 22.1. The number of benzene rings is 4. The molecular weight excluding hydrogens is 440 g/mol. The molecule has 0 saturated heterocycles. The molecule has 4 aromatic carbocycles. The van der Waals surface area contributed by atoms with Gasteiger partial charge in [0.2, 0.25) is 0 Å². The number of carbonyl (C=O) groups excluding carboxylic acids is 2. The predicted molar refractivity (Wildman–Crippen MR) is 126 cm³/mol. The van der Waals surface area contributed by atoms with Crippen molar-refractivity contribution < 1.29 is 19.4 Å². The maximum absolute atomic E-state index is 12.8. The van der Waals surface area contributed by atoms with Gasteiger partial charge >= 0.3 is 0 Å². The van der Waals surface area contributed by atoms with Crippen molar-refractivity contribution in [3.05, 3.63) is 116 Å². The average Bonchev–Trinajstić information content (AvgIpc) is 2.84. The van der Waals surface area contributed by atoms with E-state index in [0.29, 0.717) is 0 Å². The Kier molecular flexibility index (Phi) is 5.95. The lowest BCUT2D eigenvalue weighted by Gasteiger charge is -2.14. The van der Waals surface area contributed by atoms with Crippen molar-refractivity contribution in [2.24, 2.45) is 0 Å².